The van der Waals surface area contributed by atoms with E-state index in [2.05, 4.69) is 6.92 Å². The van der Waals surface area contributed by atoms with Gasteiger partial charge in [-0.2, -0.15) is 8.42 Å². The van der Waals surface area contributed by atoms with E-state index >= 15 is 0 Å². The minimum Gasteiger partial charge on any atom is -0.504 e. The molecule has 2 N–H and O–H groups in total. The predicted molar refractivity (Wildman–Crippen MR) is 106 cm³/mol. The highest BCUT2D eigenvalue weighted by molar-refractivity contribution is 7.86. The molecule has 0 aliphatic heterocycles. The molecule has 5 nitrogen and oxygen atoms in total. The summed E-state index contributed by atoms with van der Waals surface area (Å²) in [6.45, 7) is 2.20. The number of para-hydroxylation sites is 2. The van der Waals surface area contributed by atoms with Crippen LogP contribution in [0.2, 0.25) is 0 Å². The molecule has 2 rings (SSSR count). The summed E-state index contributed by atoms with van der Waals surface area (Å²) in [4.78, 5) is -0.311. The average molecular weight is 393 g/mol. The summed E-state index contributed by atoms with van der Waals surface area (Å²) in [7, 11) is -4.43. The second kappa shape index (κ2) is 10.3. The lowest BCUT2D eigenvalue weighted by Crippen LogP contribution is -2.02. The lowest BCUT2D eigenvalue weighted by Gasteiger charge is -2.12. The molecule has 0 aliphatic carbocycles. The smallest absolute Gasteiger partial charge is 0.298 e. The average Bonchev–Trinajstić information content (AvgIpc) is 2.62. The zero-order chi connectivity index (χ0) is 19.7. The maximum absolute atomic E-state index is 11.6. The van der Waals surface area contributed by atoms with Crippen molar-refractivity contribution >= 4 is 10.1 Å². The van der Waals surface area contributed by atoms with Crippen molar-refractivity contribution in [3.63, 3.8) is 0 Å². The molecule has 148 valence electrons. The van der Waals surface area contributed by atoms with Crippen LogP contribution in [0.4, 0.5) is 0 Å². The largest absolute Gasteiger partial charge is 0.504 e. The number of hydrogen-bond donors (Lipinski definition) is 2. The lowest BCUT2D eigenvalue weighted by molar-refractivity contribution is 0.402. The van der Waals surface area contributed by atoms with Crippen LogP contribution < -0.4 is 4.74 Å². The fourth-order valence-corrected chi connectivity index (χ4v) is 3.54. The van der Waals surface area contributed by atoms with Crippen LogP contribution in [0.3, 0.4) is 0 Å². The molecule has 0 aromatic heterocycles. The molecule has 27 heavy (non-hydrogen) atoms. The number of hydrogen-bond acceptors (Lipinski definition) is 4. The van der Waals surface area contributed by atoms with Gasteiger partial charge in [-0.15, -0.1) is 0 Å². The van der Waals surface area contributed by atoms with E-state index in [1.165, 1.54) is 50.3 Å². The summed E-state index contributed by atoms with van der Waals surface area (Å²) >= 11 is 0. The monoisotopic (exact) mass is 392 g/mol. The van der Waals surface area contributed by atoms with Crippen LogP contribution in [0, 0.1) is 0 Å². The number of unbranched alkanes of at least 4 members (excludes halogenated alkanes) is 6. The molecular weight excluding hydrogens is 364 g/mol. The molecule has 0 fully saturated rings. The summed E-state index contributed by atoms with van der Waals surface area (Å²) in [5, 5.41) is 9.86. The molecule has 0 bridgehead atoms. The topological polar surface area (TPSA) is 83.8 Å². The Morgan fingerprint density at radius 1 is 0.889 bits per heavy atom. The lowest BCUT2D eigenvalue weighted by atomic mass is 10.0. The number of benzene rings is 2. The highest BCUT2D eigenvalue weighted by atomic mass is 32.2. The van der Waals surface area contributed by atoms with Gasteiger partial charge in [-0.05, 0) is 42.7 Å². The number of phenolic OH excluding ortho intramolecular Hbond substituents is 1. The quantitative estimate of drug-likeness (QED) is 0.377. The van der Waals surface area contributed by atoms with Crippen molar-refractivity contribution in [1.29, 1.82) is 0 Å². The molecule has 0 saturated carbocycles. The molecule has 0 unspecified atom stereocenters. The fraction of sp³-hybridized carbons (Fsp3) is 0.429. The summed E-state index contributed by atoms with van der Waals surface area (Å²) < 4.78 is 38.3. The SMILES string of the molecule is CCCCCCCCCc1ccc(S(=O)(=O)O)c(Oc2ccccc2O)c1. The normalized spacial score (nSPS) is 11.5. The first-order valence-corrected chi connectivity index (χ1v) is 10.9. The number of aromatic hydroxyl groups is 1. The summed E-state index contributed by atoms with van der Waals surface area (Å²) in [5.41, 5.74) is 0.932. The van der Waals surface area contributed by atoms with Crippen LogP contribution in [-0.2, 0) is 16.5 Å². The van der Waals surface area contributed by atoms with E-state index in [1.807, 2.05) is 0 Å². The third-order valence-electron chi connectivity index (χ3n) is 4.44. The minimum absolute atomic E-state index is 0.0134. The summed E-state index contributed by atoms with van der Waals surface area (Å²) in [6, 6.07) is 11.0. The molecule has 0 saturated heterocycles. The van der Waals surface area contributed by atoms with Crippen molar-refractivity contribution in [3.8, 4) is 17.2 Å². The van der Waals surface area contributed by atoms with Crippen molar-refractivity contribution in [3.05, 3.63) is 48.0 Å². The molecule has 0 heterocycles. The van der Waals surface area contributed by atoms with E-state index in [4.69, 9.17) is 4.74 Å². The number of rotatable bonds is 11. The Kier molecular flexibility index (Phi) is 8.13. The highest BCUT2D eigenvalue weighted by Gasteiger charge is 2.18. The van der Waals surface area contributed by atoms with Gasteiger partial charge in [-0.25, -0.2) is 0 Å². The highest BCUT2D eigenvalue weighted by Crippen LogP contribution is 2.34. The first kappa shape index (κ1) is 21.3. The van der Waals surface area contributed by atoms with E-state index in [0.29, 0.717) is 0 Å². The zero-order valence-electron chi connectivity index (χ0n) is 15.7. The molecule has 0 aliphatic rings. The Balaban J connectivity index is 2.07. The van der Waals surface area contributed by atoms with Crippen LogP contribution >= 0.6 is 0 Å². The van der Waals surface area contributed by atoms with Gasteiger partial charge in [0.1, 0.15) is 10.6 Å². The Morgan fingerprint density at radius 2 is 1.56 bits per heavy atom. The van der Waals surface area contributed by atoms with Gasteiger partial charge in [-0.3, -0.25) is 4.55 Å². The van der Waals surface area contributed by atoms with E-state index in [9.17, 15) is 18.1 Å². The van der Waals surface area contributed by atoms with Gasteiger partial charge in [-0.1, -0.05) is 63.6 Å². The maximum atomic E-state index is 11.6. The van der Waals surface area contributed by atoms with Gasteiger partial charge in [0.05, 0.1) is 0 Å². The van der Waals surface area contributed by atoms with Gasteiger partial charge in [0.2, 0.25) is 0 Å². The third kappa shape index (κ3) is 6.88. The first-order chi connectivity index (χ1) is 12.9. The Hall–Kier alpha value is -2.05. The summed E-state index contributed by atoms with van der Waals surface area (Å²) in [5.74, 6) is 0.0474. The van der Waals surface area contributed by atoms with Crippen molar-refractivity contribution in [2.75, 3.05) is 0 Å². The van der Waals surface area contributed by atoms with Crippen molar-refractivity contribution in [2.24, 2.45) is 0 Å². The van der Waals surface area contributed by atoms with Gasteiger partial charge in [0.15, 0.2) is 11.5 Å². The molecule has 6 heteroatoms. The first-order valence-electron chi connectivity index (χ1n) is 9.48. The Labute approximate surface area is 161 Å². The second-order valence-electron chi connectivity index (χ2n) is 6.70. The number of ether oxygens (including phenoxy) is 1. The van der Waals surface area contributed by atoms with Crippen LogP contribution in [-0.4, -0.2) is 18.1 Å². The van der Waals surface area contributed by atoms with E-state index in [1.54, 1.807) is 24.3 Å². The molecular formula is C21H28O5S. The Morgan fingerprint density at radius 3 is 2.22 bits per heavy atom. The predicted octanol–water partition coefficient (Wildman–Crippen LogP) is 5.72. The Bertz CT molecular complexity index is 830. The van der Waals surface area contributed by atoms with Crippen LogP contribution in [0.15, 0.2) is 47.4 Å². The fourth-order valence-electron chi connectivity index (χ4n) is 2.95. The van der Waals surface area contributed by atoms with Crippen molar-refractivity contribution < 1.29 is 22.8 Å². The van der Waals surface area contributed by atoms with Gasteiger partial charge >= 0.3 is 0 Å². The van der Waals surface area contributed by atoms with Crippen molar-refractivity contribution in [1.82, 2.24) is 0 Å². The van der Waals surface area contributed by atoms with Gasteiger partial charge < -0.3 is 9.84 Å². The summed E-state index contributed by atoms with van der Waals surface area (Å²) in [6.07, 6.45) is 9.17. The van der Waals surface area contributed by atoms with Crippen LogP contribution in [0.5, 0.6) is 17.2 Å². The van der Waals surface area contributed by atoms with E-state index < -0.39 is 10.1 Å². The van der Waals surface area contributed by atoms with Crippen LogP contribution in [0.25, 0.3) is 0 Å². The number of aryl methyl sites for hydroxylation is 1. The molecule has 0 spiro atoms. The minimum atomic E-state index is -4.43. The molecule has 2 aromatic rings. The van der Waals surface area contributed by atoms with E-state index in [-0.39, 0.29) is 22.1 Å². The molecule has 0 atom stereocenters. The molecule has 0 radical (unpaired) electrons. The standard InChI is InChI=1S/C21H28O5S/c1-2-3-4-5-6-7-8-11-17-14-15-21(27(23,24)25)20(16-17)26-19-13-10-9-12-18(19)22/h9-10,12-16,22H,2-8,11H2,1H3,(H,23,24,25). The van der Waals surface area contributed by atoms with Crippen molar-refractivity contribution in [2.45, 2.75) is 63.2 Å². The van der Waals surface area contributed by atoms with Gasteiger partial charge in [0.25, 0.3) is 10.1 Å². The second-order valence-corrected chi connectivity index (χ2v) is 8.09. The zero-order valence-corrected chi connectivity index (χ0v) is 16.5. The van der Waals surface area contributed by atoms with E-state index in [0.717, 1.165) is 24.8 Å². The number of phenols is 1. The van der Waals surface area contributed by atoms with Crippen LogP contribution in [0.1, 0.15) is 57.4 Å². The molecule has 0 amide bonds. The maximum Gasteiger partial charge on any atom is 0.298 e. The molecule has 2 aromatic carbocycles. The third-order valence-corrected chi connectivity index (χ3v) is 5.33. The van der Waals surface area contributed by atoms with Gasteiger partial charge in [0, 0.05) is 0 Å².